The van der Waals surface area contributed by atoms with Gasteiger partial charge in [0.25, 0.3) is 0 Å². The van der Waals surface area contributed by atoms with Crippen LogP contribution in [0.15, 0.2) is 42.5 Å². The number of nitrogens with one attached hydrogen (secondary N) is 1. The molecule has 0 spiro atoms. The van der Waals surface area contributed by atoms with E-state index in [0.29, 0.717) is 35.0 Å². The maximum atomic E-state index is 14.0. The Bertz CT molecular complexity index is 1230. The van der Waals surface area contributed by atoms with Crippen molar-refractivity contribution < 1.29 is 70.3 Å². The van der Waals surface area contributed by atoms with Gasteiger partial charge in [-0.3, -0.25) is 9.69 Å². The van der Waals surface area contributed by atoms with Gasteiger partial charge in [-0.1, -0.05) is 35.9 Å². The molecule has 0 amide bonds. The van der Waals surface area contributed by atoms with Gasteiger partial charge in [0.15, 0.2) is 0 Å². The molecule has 0 saturated carbocycles. The third-order valence-corrected chi connectivity index (χ3v) is 6.10. The van der Waals surface area contributed by atoms with Crippen LogP contribution in [0.2, 0.25) is 5.02 Å². The molecule has 2 aromatic carbocycles. The number of rotatable bonds is 10. The lowest BCUT2D eigenvalue weighted by atomic mass is 10.0. The van der Waals surface area contributed by atoms with Crippen LogP contribution in [0.5, 0.6) is 5.75 Å². The second kappa shape index (κ2) is 18.3. The lowest BCUT2D eigenvalue weighted by Gasteiger charge is -2.33. The summed E-state index contributed by atoms with van der Waals surface area (Å²) in [5.74, 6) is -6.24. The molecule has 1 heterocycles. The Hall–Kier alpha value is -3.67. The number of nitrogens with zero attached hydrogens (tertiary/aromatic N) is 1. The molecule has 10 nitrogen and oxygen atoms in total. The van der Waals surface area contributed by atoms with Crippen LogP contribution in [0.4, 0.5) is 30.7 Å². The van der Waals surface area contributed by atoms with Crippen LogP contribution in [-0.2, 0) is 27.3 Å². The molecule has 1 fully saturated rings. The van der Waals surface area contributed by atoms with Crippen molar-refractivity contribution in [1.29, 1.82) is 0 Å². The summed E-state index contributed by atoms with van der Waals surface area (Å²) in [6.45, 7) is 2.71. The molecule has 3 rings (SSSR count). The summed E-state index contributed by atoms with van der Waals surface area (Å²) in [6.07, 6.45) is -9.18. The Kier molecular flexibility index (Phi) is 16.0. The largest absolute Gasteiger partial charge is 0.491 e. The second-order valence-corrected chi connectivity index (χ2v) is 9.88. The van der Waals surface area contributed by atoms with E-state index >= 15 is 0 Å². The standard InChI is InChI=1S/C23H28ClFN2O4.2C2HF3O2/c24-18-6-5-17(21(25)12-18)14-27-9-7-19(8-10-27)26-13-20(28)15-31-22-4-2-1-3-16(22)11-23(29)30;2*3-2(4,5)1(6)7/h1-6,12,19-20,26,28H,7-11,13-15H2,(H,29,30);2*(H,6,7)/t20-;;/m0../s1. The van der Waals surface area contributed by atoms with Gasteiger partial charge in [0.2, 0.25) is 0 Å². The van der Waals surface area contributed by atoms with Crippen molar-refractivity contribution in [3.05, 3.63) is 64.4 Å². The van der Waals surface area contributed by atoms with Crippen LogP contribution in [0.1, 0.15) is 24.0 Å². The fraction of sp³-hybridized carbons (Fsp3) is 0.444. The van der Waals surface area contributed by atoms with Crippen LogP contribution in [0.3, 0.4) is 0 Å². The molecule has 252 valence electrons. The minimum absolute atomic E-state index is 0.0817. The third-order valence-electron chi connectivity index (χ3n) is 5.87. The molecular weight excluding hydrogens is 649 g/mol. The number of piperidine rings is 1. The van der Waals surface area contributed by atoms with E-state index in [9.17, 15) is 40.6 Å². The van der Waals surface area contributed by atoms with Gasteiger partial charge >= 0.3 is 30.3 Å². The van der Waals surface area contributed by atoms with Crippen LogP contribution in [0, 0.1) is 5.82 Å². The number of hydrogen-bond donors (Lipinski definition) is 5. The van der Waals surface area contributed by atoms with Gasteiger partial charge in [-0.2, -0.15) is 26.3 Å². The number of alkyl halides is 6. The van der Waals surface area contributed by atoms with E-state index in [1.807, 2.05) is 0 Å². The van der Waals surface area contributed by atoms with Crippen molar-refractivity contribution in [3.63, 3.8) is 0 Å². The Labute approximate surface area is 257 Å². The summed E-state index contributed by atoms with van der Waals surface area (Å²) in [7, 11) is 0. The first-order chi connectivity index (χ1) is 20.8. The van der Waals surface area contributed by atoms with E-state index in [1.54, 1.807) is 36.4 Å². The number of likely N-dealkylation sites (tertiary alicyclic amines) is 1. The average Bonchev–Trinajstić information content (AvgIpc) is 2.93. The summed E-state index contributed by atoms with van der Waals surface area (Å²) in [5.41, 5.74) is 1.23. The molecule has 0 aromatic heterocycles. The minimum atomic E-state index is -5.08. The van der Waals surface area contributed by atoms with Crippen molar-refractivity contribution in [3.8, 4) is 5.75 Å². The molecule has 0 bridgehead atoms. The van der Waals surface area contributed by atoms with Gasteiger partial charge in [-0.05, 0) is 44.1 Å². The molecule has 1 aliphatic rings. The van der Waals surface area contributed by atoms with E-state index in [2.05, 4.69) is 10.2 Å². The van der Waals surface area contributed by atoms with Gasteiger partial charge in [-0.15, -0.1) is 0 Å². The average molecular weight is 679 g/mol. The second-order valence-electron chi connectivity index (χ2n) is 9.44. The highest BCUT2D eigenvalue weighted by atomic mass is 35.5. The molecule has 0 unspecified atom stereocenters. The third kappa shape index (κ3) is 16.3. The smallest absolute Gasteiger partial charge is 0.490 e. The number of aliphatic hydroxyl groups excluding tert-OH is 1. The summed E-state index contributed by atoms with van der Waals surface area (Å²) in [4.78, 5) is 31.0. The molecule has 18 heteroatoms. The van der Waals surface area contributed by atoms with E-state index in [4.69, 9.17) is 41.2 Å². The summed E-state index contributed by atoms with van der Waals surface area (Å²) in [5, 5.41) is 37.2. The van der Waals surface area contributed by atoms with Crippen LogP contribution >= 0.6 is 11.6 Å². The fourth-order valence-corrected chi connectivity index (χ4v) is 3.85. The van der Waals surface area contributed by atoms with Crippen LogP contribution in [-0.4, -0.2) is 94.0 Å². The number of carbonyl (C=O) groups is 3. The monoisotopic (exact) mass is 678 g/mol. The Morgan fingerprint density at radius 2 is 1.47 bits per heavy atom. The lowest BCUT2D eigenvalue weighted by Crippen LogP contribution is -2.45. The van der Waals surface area contributed by atoms with E-state index in [1.165, 1.54) is 6.07 Å². The van der Waals surface area contributed by atoms with E-state index < -0.39 is 36.4 Å². The number of hydrogen-bond acceptors (Lipinski definition) is 7. The predicted molar refractivity (Wildman–Crippen MR) is 144 cm³/mol. The SMILES string of the molecule is O=C(O)C(F)(F)F.O=C(O)C(F)(F)F.O=C(O)Cc1ccccc1OC[C@@H](O)CNC1CCN(Cc2ccc(Cl)cc2F)CC1. The molecule has 0 radical (unpaired) electrons. The normalized spacial score (nSPS) is 14.7. The highest BCUT2D eigenvalue weighted by Gasteiger charge is 2.38. The highest BCUT2D eigenvalue weighted by molar-refractivity contribution is 6.30. The zero-order chi connectivity index (χ0) is 34.4. The summed E-state index contributed by atoms with van der Waals surface area (Å²) in [6, 6.07) is 12.0. The van der Waals surface area contributed by atoms with Gasteiger partial charge < -0.3 is 30.5 Å². The first kappa shape index (κ1) is 39.4. The maximum Gasteiger partial charge on any atom is 0.490 e. The number of halogens is 8. The zero-order valence-corrected chi connectivity index (χ0v) is 24.0. The molecule has 1 aliphatic heterocycles. The van der Waals surface area contributed by atoms with Crippen molar-refractivity contribution in [2.75, 3.05) is 26.2 Å². The molecule has 45 heavy (non-hydrogen) atoms. The predicted octanol–water partition coefficient (Wildman–Crippen LogP) is 4.37. The molecular formula is C27H30ClF7N2O8. The fourth-order valence-electron chi connectivity index (χ4n) is 3.69. The van der Waals surface area contributed by atoms with Gasteiger partial charge in [0.05, 0.1) is 6.42 Å². The summed E-state index contributed by atoms with van der Waals surface area (Å²) >= 11 is 5.81. The molecule has 5 N–H and O–H groups in total. The molecule has 0 aliphatic carbocycles. The number of para-hydroxylation sites is 1. The minimum Gasteiger partial charge on any atom is -0.491 e. The Balaban J connectivity index is 0.000000601. The van der Waals surface area contributed by atoms with Gasteiger partial charge in [0, 0.05) is 35.3 Å². The number of ether oxygens (including phenoxy) is 1. The maximum absolute atomic E-state index is 14.0. The number of benzene rings is 2. The highest BCUT2D eigenvalue weighted by Crippen LogP contribution is 2.20. The Morgan fingerprint density at radius 3 is 1.96 bits per heavy atom. The molecule has 2 aromatic rings. The van der Waals surface area contributed by atoms with Crippen molar-refractivity contribution in [2.45, 2.75) is 50.3 Å². The topological polar surface area (TPSA) is 157 Å². The molecule has 1 atom stereocenters. The number of aliphatic hydroxyl groups is 1. The van der Waals surface area contributed by atoms with Crippen LogP contribution < -0.4 is 10.1 Å². The van der Waals surface area contributed by atoms with E-state index in [-0.39, 0.29) is 24.9 Å². The number of carboxylic acids is 3. The lowest BCUT2D eigenvalue weighted by molar-refractivity contribution is -0.193. The van der Waals surface area contributed by atoms with Crippen molar-refractivity contribution in [2.24, 2.45) is 0 Å². The first-order valence-electron chi connectivity index (χ1n) is 12.9. The summed E-state index contributed by atoms with van der Waals surface area (Å²) < 4.78 is 83.1. The molecule has 1 saturated heterocycles. The van der Waals surface area contributed by atoms with E-state index in [0.717, 1.165) is 25.9 Å². The van der Waals surface area contributed by atoms with Gasteiger partial charge in [0.1, 0.15) is 24.3 Å². The number of aliphatic carboxylic acids is 3. The van der Waals surface area contributed by atoms with Crippen molar-refractivity contribution >= 4 is 29.5 Å². The van der Waals surface area contributed by atoms with Gasteiger partial charge in [-0.25, -0.2) is 14.0 Å². The quantitative estimate of drug-likeness (QED) is 0.229. The Morgan fingerprint density at radius 1 is 0.933 bits per heavy atom. The number of carboxylic acid groups (broad SMARTS) is 3. The van der Waals surface area contributed by atoms with Crippen molar-refractivity contribution in [1.82, 2.24) is 10.2 Å². The zero-order valence-electron chi connectivity index (χ0n) is 23.2. The van der Waals surface area contributed by atoms with Crippen LogP contribution in [0.25, 0.3) is 0 Å². The first-order valence-corrected chi connectivity index (χ1v) is 13.3.